The van der Waals surface area contributed by atoms with Gasteiger partial charge in [-0.25, -0.2) is 4.79 Å². The van der Waals surface area contributed by atoms with E-state index in [9.17, 15) is 9.59 Å². The summed E-state index contributed by atoms with van der Waals surface area (Å²) in [6.07, 6.45) is -0.125. The quantitative estimate of drug-likeness (QED) is 0.596. The van der Waals surface area contributed by atoms with Crippen LogP contribution in [0.2, 0.25) is 0 Å². The summed E-state index contributed by atoms with van der Waals surface area (Å²) in [5, 5.41) is 13.6. The van der Waals surface area contributed by atoms with Crippen molar-refractivity contribution in [2.45, 2.75) is 32.7 Å². The van der Waals surface area contributed by atoms with Gasteiger partial charge >= 0.3 is 12.0 Å². The summed E-state index contributed by atoms with van der Waals surface area (Å²) >= 11 is 0. The normalized spacial score (nSPS) is 9.80. The second kappa shape index (κ2) is 5.91. The van der Waals surface area contributed by atoms with Gasteiger partial charge in [0.1, 0.15) is 0 Å². The Kier molecular flexibility index (Phi) is 5.24. The molecule has 0 spiro atoms. The maximum Gasteiger partial charge on any atom is 0.315 e. The average molecular weight is 212 g/mol. The minimum Gasteiger partial charge on any atom is -0.481 e. The van der Waals surface area contributed by atoms with Crippen molar-refractivity contribution >= 4 is 12.0 Å². The van der Waals surface area contributed by atoms with Gasteiger partial charge in [-0.1, -0.05) is 5.92 Å². The van der Waals surface area contributed by atoms with E-state index in [1.54, 1.807) is 20.8 Å². The van der Waals surface area contributed by atoms with Crippen LogP contribution in [0.5, 0.6) is 0 Å². The molecule has 5 heteroatoms. The predicted octanol–water partition coefficient (Wildman–Crippen LogP) is 0.562. The maximum atomic E-state index is 11.2. The molecular weight excluding hydrogens is 196 g/mol. The van der Waals surface area contributed by atoms with E-state index in [1.807, 2.05) is 0 Å². The molecule has 0 atom stereocenters. The minimum atomic E-state index is -0.950. The molecule has 0 aromatic rings. The zero-order valence-electron chi connectivity index (χ0n) is 9.18. The molecule has 0 aliphatic heterocycles. The number of amides is 2. The van der Waals surface area contributed by atoms with Crippen LogP contribution in [0.1, 0.15) is 27.2 Å². The number of carbonyl (C=O) groups is 2. The van der Waals surface area contributed by atoms with E-state index in [1.165, 1.54) is 0 Å². The molecule has 3 N–H and O–H groups in total. The summed E-state index contributed by atoms with van der Waals surface area (Å²) in [5.41, 5.74) is -0.768. The van der Waals surface area contributed by atoms with Crippen LogP contribution in [0.3, 0.4) is 0 Å². The molecular formula is C10H16N2O3. The highest BCUT2D eigenvalue weighted by Crippen LogP contribution is 2.07. The van der Waals surface area contributed by atoms with Crippen LogP contribution in [-0.4, -0.2) is 29.2 Å². The standard InChI is InChI=1S/C10H16N2O3/c1-4-5-6-11-9(15)12-10(2,3)7-8(13)14/h6-7H2,1-3H3,(H,13,14)(H2,11,12,15). The van der Waals surface area contributed by atoms with Crippen molar-refractivity contribution in [3.63, 3.8) is 0 Å². The molecule has 0 saturated heterocycles. The monoisotopic (exact) mass is 212 g/mol. The van der Waals surface area contributed by atoms with Crippen molar-refractivity contribution in [1.82, 2.24) is 10.6 Å². The van der Waals surface area contributed by atoms with Gasteiger partial charge in [-0.3, -0.25) is 4.79 Å². The number of carbonyl (C=O) groups excluding carboxylic acids is 1. The summed E-state index contributed by atoms with van der Waals surface area (Å²) in [4.78, 5) is 21.7. The molecule has 0 aromatic heterocycles. The SMILES string of the molecule is CC#CCNC(=O)NC(C)(C)CC(=O)O. The molecule has 0 fully saturated rings. The summed E-state index contributed by atoms with van der Waals surface area (Å²) < 4.78 is 0. The highest BCUT2D eigenvalue weighted by molar-refractivity contribution is 5.76. The first-order valence-electron chi connectivity index (χ1n) is 4.55. The van der Waals surface area contributed by atoms with E-state index in [0.717, 1.165) is 0 Å². The molecule has 2 amide bonds. The van der Waals surface area contributed by atoms with Gasteiger partial charge in [0.15, 0.2) is 0 Å². The second-order valence-electron chi connectivity index (χ2n) is 3.69. The number of hydrogen-bond donors (Lipinski definition) is 3. The molecule has 0 aromatic carbocycles. The van der Waals surface area contributed by atoms with Gasteiger partial charge < -0.3 is 15.7 Å². The van der Waals surface area contributed by atoms with Gasteiger partial charge in [0.2, 0.25) is 0 Å². The molecule has 0 rings (SSSR count). The van der Waals surface area contributed by atoms with Gasteiger partial charge in [-0.15, -0.1) is 5.92 Å². The Morgan fingerprint density at radius 2 is 2.00 bits per heavy atom. The molecule has 84 valence electrons. The lowest BCUT2D eigenvalue weighted by atomic mass is 10.0. The number of urea groups is 1. The van der Waals surface area contributed by atoms with Crippen molar-refractivity contribution in [3.05, 3.63) is 0 Å². The van der Waals surface area contributed by atoms with Crippen LogP contribution in [0, 0.1) is 11.8 Å². The first-order chi connectivity index (χ1) is 6.87. The fraction of sp³-hybridized carbons (Fsp3) is 0.600. The van der Waals surface area contributed by atoms with Crippen LogP contribution in [-0.2, 0) is 4.79 Å². The Morgan fingerprint density at radius 1 is 1.40 bits per heavy atom. The summed E-state index contributed by atoms with van der Waals surface area (Å²) in [5.74, 6) is 4.35. The van der Waals surface area contributed by atoms with Crippen molar-refractivity contribution in [2.24, 2.45) is 0 Å². The van der Waals surface area contributed by atoms with Gasteiger partial charge in [-0.2, -0.15) is 0 Å². The van der Waals surface area contributed by atoms with Crippen molar-refractivity contribution in [3.8, 4) is 11.8 Å². The third kappa shape index (κ3) is 7.38. The summed E-state index contributed by atoms with van der Waals surface area (Å²) in [6.45, 7) is 5.22. The van der Waals surface area contributed by atoms with Crippen LogP contribution in [0.25, 0.3) is 0 Å². The topological polar surface area (TPSA) is 78.4 Å². The van der Waals surface area contributed by atoms with Crippen molar-refractivity contribution < 1.29 is 14.7 Å². The molecule has 5 nitrogen and oxygen atoms in total. The number of rotatable bonds is 4. The number of carboxylic acid groups (broad SMARTS) is 1. The Labute approximate surface area is 89.2 Å². The summed E-state index contributed by atoms with van der Waals surface area (Å²) in [6, 6.07) is -0.413. The molecule has 0 unspecified atom stereocenters. The molecule has 0 saturated carbocycles. The zero-order valence-corrected chi connectivity index (χ0v) is 9.18. The van der Waals surface area contributed by atoms with Crippen LogP contribution >= 0.6 is 0 Å². The number of carboxylic acids is 1. The first-order valence-corrected chi connectivity index (χ1v) is 4.55. The van der Waals surface area contributed by atoms with E-state index in [-0.39, 0.29) is 13.0 Å². The number of hydrogen-bond acceptors (Lipinski definition) is 2. The third-order valence-corrected chi connectivity index (χ3v) is 1.56. The highest BCUT2D eigenvalue weighted by Gasteiger charge is 2.23. The third-order valence-electron chi connectivity index (χ3n) is 1.56. The summed E-state index contributed by atoms with van der Waals surface area (Å²) in [7, 11) is 0. The predicted molar refractivity (Wildman–Crippen MR) is 56.3 cm³/mol. The fourth-order valence-electron chi connectivity index (χ4n) is 0.987. The van der Waals surface area contributed by atoms with E-state index < -0.39 is 17.5 Å². The first kappa shape index (κ1) is 13.3. The highest BCUT2D eigenvalue weighted by atomic mass is 16.4. The molecule has 0 bridgehead atoms. The van der Waals surface area contributed by atoms with Gasteiger partial charge in [-0.05, 0) is 20.8 Å². The van der Waals surface area contributed by atoms with Crippen LogP contribution < -0.4 is 10.6 Å². The lowest BCUT2D eigenvalue weighted by Crippen LogP contribution is -2.49. The molecule has 0 heterocycles. The lowest BCUT2D eigenvalue weighted by Gasteiger charge is -2.23. The largest absolute Gasteiger partial charge is 0.481 e. The minimum absolute atomic E-state index is 0.125. The Morgan fingerprint density at radius 3 is 2.47 bits per heavy atom. The van der Waals surface area contributed by atoms with Gasteiger partial charge in [0.25, 0.3) is 0 Å². The van der Waals surface area contributed by atoms with Crippen LogP contribution in [0.15, 0.2) is 0 Å². The smallest absolute Gasteiger partial charge is 0.315 e. The molecule has 0 radical (unpaired) electrons. The average Bonchev–Trinajstić information content (AvgIpc) is 2.00. The molecule has 15 heavy (non-hydrogen) atoms. The van der Waals surface area contributed by atoms with Gasteiger partial charge in [0, 0.05) is 5.54 Å². The van der Waals surface area contributed by atoms with E-state index >= 15 is 0 Å². The van der Waals surface area contributed by atoms with Crippen LogP contribution in [0.4, 0.5) is 4.79 Å². The Bertz CT molecular complexity index is 300. The fourth-order valence-corrected chi connectivity index (χ4v) is 0.987. The Hall–Kier alpha value is -1.70. The van der Waals surface area contributed by atoms with Crippen molar-refractivity contribution in [2.75, 3.05) is 6.54 Å². The molecule has 0 aliphatic carbocycles. The van der Waals surface area contributed by atoms with Gasteiger partial charge in [0.05, 0.1) is 13.0 Å². The van der Waals surface area contributed by atoms with Crippen molar-refractivity contribution in [1.29, 1.82) is 0 Å². The zero-order chi connectivity index (χ0) is 11.9. The maximum absolute atomic E-state index is 11.2. The van der Waals surface area contributed by atoms with E-state index in [4.69, 9.17) is 5.11 Å². The van der Waals surface area contributed by atoms with E-state index in [2.05, 4.69) is 22.5 Å². The van der Waals surface area contributed by atoms with E-state index in [0.29, 0.717) is 0 Å². The second-order valence-corrected chi connectivity index (χ2v) is 3.69. The number of aliphatic carboxylic acids is 1. The lowest BCUT2D eigenvalue weighted by molar-refractivity contribution is -0.138. The number of nitrogens with one attached hydrogen (secondary N) is 2. The Balaban J connectivity index is 4.02. The molecule has 0 aliphatic rings.